The summed E-state index contributed by atoms with van der Waals surface area (Å²) in [6.45, 7) is 3.01. The molecule has 1 fully saturated rings. The van der Waals surface area contributed by atoms with Crippen LogP contribution in [0.5, 0.6) is 0 Å². The molecule has 0 saturated heterocycles. The number of rotatable bonds is 5. The molecule has 0 spiro atoms. The minimum absolute atomic E-state index is 0.446. The maximum absolute atomic E-state index is 6.13. The third-order valence-corrected chi connectivity index (χ3v) is 4.05. The fourth-order valence-electron chi connectivity index (χ4n) is 2.00. The highest BCUT2D eigenvalue weighted by molar-refractivity contribution is 6.39. The molecule has 5 heteroatoms. The molecule has 1 aromatic rings. The molecule has 1 saturated carbocycles. The number of nitrogens with two attached hydrogens (primary N) is 1. The number of nitrogen functional groups attached to an aromatic ring is 1. The summed E-state index contributed by atoms with van der Waals surface area (Å²) in [5, 5.41) is 4.45. The molecule has 0 amide bonds. The molecular formula is C13H19Cl2N3. The van der Waals surface area contributed by atoms with Gasteiger partial charge >= 0.3 is 0 Å². The molecule has 0 radical (unpaired) electrons. The second-order valence-electron chi connectivity index (χ2n) is 4.99. The largest absolute Gasteiger partial charge is 0.399 e. The minimum Gasteiger partial charge on any atom is -0.399 e. The van der Waals surface area contributed by atoms with Crippen molar-refractivity contribution < 1.29 is 0 Å². The standard InChI is InChI=1S/C13H19Cl2N3/c1-8(18(2)10-3-4-10)7-17-13-11(14)5-9(16)6-12(13)15/h5-6,8,10,17H,3-4,7,16H2,1-2H3. The van der Waals surface area contributed by atoms with Gasteiger partial charge in [-0.05, 0) is 38.9 Å². The predicted octanol–water partition coefficient (Wildman–Crippen LogP) is 3.47. The van der Waals surface area contributed by atoms with Gasteiger partial charge in [-0.15, -0.1) is 0 Å². The molecule has 1 aliphatic carbocycles. The quantitative estimate of drug-likeness (QED) is 0.815. The molecule has 2 rings (SSSR count). The molecule has 0 heterocycles. The molecule has 0 aliphatic heterocycles. The Morgan fingerprint density at radius 1 is 1.39 bits per heavy atom. The van der Waals surface area contributed by atoms with Crippen LogP contribution in [0.3, 0.4) is 0 Å². The molecule has 18 heavy (non-hydrogen) atoms. The third-order valence-electron chi connectivity index (χ3n) is 3.46. The molecule has 1 aromatic carbocycles. The average molecular weight is 288 g/mol. The van der Waals surface area contributed by atoms with Crippen LogP contribution in [0.1, 0.15) is 19.8 Å². The number of likely N-dealkylation sites (N-methyl/N-ethyl adjacent to an activating group) is 1. The molecule has 3 nitrogen and oxygen atoms in total. The average Bonchev–Trinajstić information content (AvgIpc) is 3.09. The number of benzene rings is 1. The highest BCUT2D eigenvalue weighted by atomic mass is 35.5. The molecule has 100 valence electrons. The summed E-state index contributed by atoms with van der Waals surface area (Å²) < 4.78 is 0. The minimum atomic E-state index is 0.446. The number of halogens is 2. The Morgan fingerprint density at radius 3 is 2.44 bits per heavy atom. The molecular weight excluding hydrogens is 269 g/mol. The van der Waals surface area contributed by atoms with Gasteiger partial charge in [0, 0.05) is 24.3 Å². The molecule has 0 aromatic heterocycles. The van der Waals surface area contributed by atoms with E-state index in [9.17, 15) is 0 Å². The van der Waals surface area contributed by atoms with Gasteiger partial charge in [0.2, 0.25) is 0 Å². The first-order valence-electron chi connectivity index (χ1n) is 6.19. The zero-order valence-electron chi connectivity index (χ0n) is 10.7. The van der Waals surface area contributed by atoms with Crippen LogP contribution in [0, 0.1) is 0 Å². The van der Waals surface area contributed by atoms with E-state index in [1.54, 1.807) is 12.1 Å². The SMILES string of the molecule is CC(CNc1c(Cl)cc(N)cc1Cl)N(C)C1CC1. The highest BCUT2D eigenvalue weighted by Crippen LogP contribution is 2.33. The van der Waals surface area contributed by atoms with Gasteiger partial charge in [0.25, 0.3) is 0 Å². The van der Waals surface area contributed by atoms with Crippen molar-refractivity contribution in [1.82, 2.24) is 4.90 Å². The van der Waals surface area contributed by atoms with Crippen LogP contribution in [-0.4, -0.2) is 30.6 Å². The lowest BCUT2D eigenvalue weighted by atomic mass is 10.2. The lowest BCUT2D eigenvalue weighted by Crippen LogP contribution is -2.36. The monoisotopic (exact) mass is 287 g/mol. The van der Waals surface area contributed by atoms with Crippen molar-refractivity contribution in [1.29, 1.82) is 0 Å². The van der Waals surface area contributed by atoms with Crippen LogP contribution >= 0.6 is 23.2 Å². The van der Waals surface area contributed by atoms with E-state index in [2.05, 4.69) is 24.2 Å². The van der Waals surface area contributed by atoms with E-state index in [1.165, 1.54) is 12.8 Å². The second kappa shape index (κ2) is 5.55. The van der Waals surface area contributed by atoms with Gasteiger partial charge in [-0.3, -0.25) is 4.90 Å². The van der Waals surface area contributed by atoms with E-state index in [4.69, 9.17) is 28.9 Å². The van der Waals surface area contributed by atoms with Crippen LogP contribution in [0.25, 0.3) is 0 Å². The number of nitrogens with zero attached hydrogens (tertiary/aromatic N) is 1. The first-order valence-corrected chi connectivity index (χ1v) is 6.95. The van der Waals surface area contributed by atoms with Gasteiger partial charge in [-0.25, -0.2) is 0 Å². The molecule has 1 atom stereocenters. The summed E-state index contributed by atoms with van der Waals surface area (Å²) in [6, 6.07) is 4.62. The summed E-state index contributed by atoms with van der Waals surface area (Å²) in [6.07, 6.45) is 2.62. The Morgan fingerprint density at radius 2 is 1.94 bits per heavy atom. The van der Waals surface area contributed by atoms with E-state index in [1.807, 2.05) is 0 Å². The fourth-order valence-corrected chi connectivity index (χ4v) is 2.63. The number of nitrogens with one attached hydrogen (secondary N) is 1. The topological polar surface area (TPSA) is 41.3 Å². The Kier molecular flexibility index (Phi) is 4.25. The van der Waals surface area contributed by atoms with Crippen molar-refractivity contribution in [2.75, 3.05) is 24.6 Å². The van der Waals surface area contributed by atoms with Crippen molar-refractivity contribution >= 4 is 34.6 Å². The molecule has 3 N–H and O–H groups in total. The number of hydrogen-bond donors (Lipinski definition) is 2. The van der Waals surface area contributed by atoms with Crippen molar-refractivity contribution in [2.24, 2.45) is 0 Å². The van der Waals surface area contributed by atoms with Crippen LogP contribution in [0.15, 0.2) is 12.1 Å². The number of hydrogen-bond acceptors (Lipinski definition) is 3. The van der Waals surface area contributed by atoms with Crippen LogP contribution in [-0.2, 0) is 0 Å². The van der Waals surface area contributed by atoms with Gasteiger partial charge < -0.3 is 11.1 Å². The normalized spacial score (nSPS) is 16.9. The van der Waals surface area contributed by atoms with Crippen molar-refractivity contribution in [2.45, 2.75) is 31.8 Å². The van der Waals surface area contributed by atoms with Crippen LogP contribution in [0.2, 0.25) is 10.0 Å². The predicted molar refractivity (Wildman–Crippen MR) is 79.6 cm³/mol. The van der Waals surface area contributed by atoms with E-state index < -0.39 is 0 Å². The lowest BCUT2D eigenvalue weighted by Gasteiger charge is -2.25. The van der Waals surface area contributed by atoms with E-state index in [0.29, 0.717) is 21.8 Å². The van der Waals surface area contributed by atoms with Crippen molar-refractivity contribution in [3.63, 3.8) is 0 Å². The van der Waals surface area contributed by atoms with E-state index >= 15 is 0 Å². The first-order chi connectivity index (χ1) is 8.49. The molecule has 1 aliphatic rings. The lowest BCUT2D eigenvalue weighted by molar-refractivity contribution is 0.257. The van der Waals surface area contributed by atoms with Gasteiger partial charge in [-0.1, -0.05) is 23.2 Å². The van der Waals surface area contributed by atoms with Gasteiger partial charge in [-0.2, -0.15) is 0 Å². The summed E-state index contributed by atoms with van der Waals surface area (Å²) in [5.41, 5.74) is 7.02. The fraction of sp³-hybridized carbons (Fsp3) is 0.538. The first kappa shape index (κ1) is 13.8. The van der Waals surface area contributed by atoms with E-state index in [-0.39, 0.29) is 0 Å². The number of anilines is 2. The second-order valence-corrected chi connectivity index (χ2v) is 5.80. The van der Waals surface area contributed by atoms with Crippen molar-refractivity contribution in [3.05, 3.63) is 22.2 Å². The molecule has 1 unspecified atom stereocenters. The Balaban J connectivity index is 1.97. The van der Waals surface area contributed by atoms with Gasteiger partial charge in [0.1, 0.15) is 0 Å². The summed E-state index contributed by atoms with van der Waals surface area (Å²) in [5.74, 6) is 0. The Labute approximate surface area is 118 Å². The molecule has 0 bridgehead atoms. The van der Waals surface area contributed by atoms with Crippen LogP contribution in [0.4, 0.5) is 11.4 Å². The summed E-state index contributed by atoms with van der Waals surface area (Å²) in [4.78, 5) is 2.39. The Hall–Kier alpha value is -0.640. The maximum Gasteiger partial charge on any atom is 0.0721 e. The zero-order chi connectivity index (χ0) is 13.3. The van der Waals surface area contributed by atoms with Crippen molar-refractivity contribution in [3.8, 4) is 0 Å². The maximum atomic E-state index is 6.13. The third kappa shape index (κ3) is 3.22. The zero-order valence-corrected chi connectivity index (χ0v) is 12.2. The van der Waals surface area contributed by atoms with Crippen LogP contribution < -0.4 is 11.1 Å². The summed E-state index contributed by atoms with van der Waals surface area (Å²) in [7, 11) is 2.16. The van der Waals surface area contributed by atoms with Gasteiger partial charge in [0.15, 0.2) is 0 Å². The van der Waals surface area contributed by atoms with Gasteiger partial charge in [0.05, 0.1) is 15.7 Å². The summed E-state index contributed by atoms with van der Waals surface area (Å²) >= 11 is 12.3. The van der Waals surface area contributed by atoms with E-state index in [0.717, 1.165) is 18.3 Å². The smallest absolute Gasteiger partial charge is 0.0721 e. The highest BCUT2D eigenvalue weighted by Gasteiger charge is 2.29. The Bertz CT molecular complexity index is 409.